The number of halogens is 2. The van der Waals surface area contributed by atoms with Gasteiger partial charge in [-0.3, -0.25) is 4.79 Å². The van der Waals surface area contributed by atoms with Crippen LogP contribution in [0, 0.1) is 15.3 Å². The number of amides is 1. The van der Waals surface area contributed by atoms with E-state index < -0.39 is 0 Å². The van der Waals surface area contributed by atoms with Crippen molar-refractivity contribution in [3.05, 3.63) is 27.6 Å². The molecule has 1 aliphatic heterocycles. The van der Waals surface area contributed by atoms with Crippen LogP contribution in [-0.4, -0.2) is 17.4 Å². The van der Waals surface area contributed by atoms with Gasteiger partial charge in [-0.2, -0.15) is 11.8 Å². The first-order valence-electron chi connectivity index (χ1n) is 5.00. The highest BCUT2D eigenvalue weighted by Crippen LogP contribution is 2.26. The molecule has 0 aromatic heterocycles. The van der Waals surface area contributed by atoms with Gasteiger partial charge in [0.05, 0.1) is 5.69 Å². The molecule has 1 amide bonds. The highest BCUT2D eigenvalue weighted by Gasteiger charge is 2.23. The summed E-state index contributed by atoms with van der Waals surface area (Å²) in [7, 11) is 0. The molecule has 86 valence electrons. The second-order valence-electron chi connectivity index (χ2n) is 3.67. The lowest BCUT2D eigenvalue weighted by molar-refractivity contribution is -0.119. The number of benzene rings is 1. The lowest BCUT2D eigenvalue weighted by Crippen LogP contribution is -2.22. The van der Waals surface area contributed by atoms with E-state index in [0.717, 1.165) is 21.5 Å². The summed E-state index contributed by atoms with van der Waals surface area (Å²) in [5.41, 5.74) is 0.698. The number of rotatable bonds is 2. The van der Waals surface area contributed by atoms with E-state index in [1.54, 1.807) is 17.8 Å². The quantitative estimate of drug-likeness (QED) is 0.830. The van der Waals surface area contributed by atoms with Crippen molar-refractivity contribution in [2.75, 3.05) is 16.8 Å². The Morgan fingerprint density at radius 3 is 3.00 bits per heavy atom. The first-order chi connectivity index (χ1) is 7.66. The average Bonchev–Trinajstić information content (AvgIpc) is 2.75. The summed E-state index contributed by atoms with van der Waals surface area (Å²) >= 11 is 3.83. The fraction of sp³-hybridized carbons (Fsp3) is 0.364. The Labute approximate surface area is 112 Å². The second kappa shape index (κ2) is 5.35. The molecule has 0 spiro atoms. The third-order valence-corrected chi connectivity index (χ3v) is 4.54. The van der Waals surface area contributed by atoms with E-state index >= 15 is 0 Å². The third-order valence-electron chi connectivity index (χ3n) is 2.49. The molecule has 0 radical (unpaired) electrons. The van der Waals surface area contributed by atoms with Gasteiger partial charge >= 0.3 is 0 Å². The van der Waals surface area contributed by atoms with Gasteiger partial charge in [-0.1, -0.05) is 0 Å². The summed E-state index contributed by atoms with van der Waals surface area (Å²) in [4.78, 5) is 11.8. The summed E-state index contributed by atoms with van der Waals surface area (Å²) in [5, 5.41) is 2.85. The van der Waals surface area contributed by atoms with E-state index in [1.165, 1.54) is 12.1 Å². The second-order valence-corrected chi connectivity index (χ2v) is 5.99. The van der Waals surface area contributed by atoms with E-state index in [4.69, 9.17) is 0 Å². The van der Waals surface area contributed by atoms with Crippen molar-refractivity contribution >= 4 is 45.9 Å². The van der Waals surface area contributed by atoms with Crippen molar-refractivity contribution in [2.24, 2.45) is 5.92 Å². The summed E-state index contributed by atoms with van der Waals surface area (Å²) in [6, 6.07) is 4.39. The monoisotopic (exact) mass is 351 g/mol. The van der Waals surface area contributed by atoms with Crippen LogP contribution in [0.25, 0.3) is 0 Å². The van der Waals surface area contributed by atoms with E-state index in [1.807, 2.05) is 22.6 Å². The van der Waals surface area contributed by atoms with Crippen molar-refractivity contribution in [2.45, 2.75) is 6.42 Å². The Kier molecular flexibility index (Phi) is 4.07. The van der Waals surface area contributed by atoms with Crippen LogP contribution in [0.1, 0.15) is 6.42 Å². The molecule has 1 heterocycles. The largest absolute Gasteiger partial charge is 0.325 e. The molecule has 2 nitrogen and oxygen atoms in total. The number of nitrogens with one attached hydrogen (secondary N) is 1. The molecule has 1 aromatic carbocycles. The predicted molar refractivity (Wildman–Crippen MR) is 73.2 cm³/mol. The van der Waals surface area contributed by atoms with Gasteiger partial charge in [0.2, 0.25) is 5.91 Å². The lowest BCUT2D eigenvalue weighted by atomic mass is 10.1. The minimum atomic E-state index is -0.279. The maximum absolute atomic E-state index is 12.9. The summed E-state index contributed by atoms with van der Waals surface area (Å²) < 4.78 is 13.6. The fourth-order valence-electron chi connectivity index (χ4n) is 1.57. The molecule has 5 heteroatoms. The van der Waals surface area contributed by atoms with Gasteiger partial charge in [0.25, 0.3) is 0 Å². The van der Waals surface area contributed by atoms with E-state index in [2.05, 4.69) is 5.32 Å². The number of thioether (sulfide) groups is 1. The van der Waals surface area contributed by atoms with Crippen LogP contribution in [0.4, 0.5) is 10.1 Å². The van der Waals surface area contributed by atoms with E-state index in [0.29, 0.717) is 5.69 Å². The van der Waals surface area contributed by atoms with Crippen molar-refractivity contribution in [1.82, 2.24) is 0 Å². The van der Waals surface area contributed by atoms with Crippen LogP contribution in [0.5, 0.6) is 0 Å². The normalized spacial score (nSPS) is 19.8. The first kappa shape index (κ1) is 12.2. The minimum Gasteiger partial charge on any atom is -0.325 e. The Hall–Kier alpha value is -0.300. The Bertz CT molecular complexity index is 407. The number of hydrogen-bond donors (Lipinski definition) is 1. The Morgan fingerprint density at radius 2 is 2.38 bits per heavy atom. The highest BCUT2D eigenvalue weighted by atomic mass is 127. The van der Waals surface area contributed by atoms with Crippen molar-refractivity contribution in [3.63, 3.8) is 0 Å². The fourth-order valence-corrected chi connectivity index (χ4v) is 3.40. The van der Waals surface area contributed by atoms with Gasteiger partial charge in [-0.25, -0.2) is 4.39 Å². The van der Waals surface area contributed by atoms with E-state index in [9.17, 15) is 9.18 Å². The molecule has 1 fully saturated rings. The zero-order valence-electron chi connectivity index (χ0n) is 8.50. The molecule has 1 N–H and O–H groups in total. The molecule has 1 aromatic rings. The topological polar surface area (TPSA) is 29.1 Å². The van der Waals surface area contributed by atoms with Gasteiger partial charge in [0.1, 0.15) is 5.82 Å². The molecular formula is C11H11FINOS. The lowest BCUT2D eigenvalue weighted by Gasteiger charge is -2.11. The number of carbonyl (C=O) groups excluding carboxylic acids is 1. The first-order valence-corrected chi connectivity index (χ1v) is 7.24. The molecule has 1 atom stereocenters. The zero-order chi connectivity index (χ0) is 11.5. The van der Waals surface area contributed by atoms with Gasteiger partial charge in [-0.05, 0) is 53.0 Å². The Morgan fingerprint density at radius 1 is 1.56 bits per heavy atom. The van der Waals surface area contributed by atoms with Gasteiger partial charge in [0, 0.05) is 15.2 Å². The van der Waals surface area contributed by atoms with Crippen LogP contribution in [0.15, 0.2) is 18.2 Å². The average molecular weight is 351 g/mol. The maximum atomic E-state index is 12.9. The molecular weight excluding hydrogens is 340 g/mol. The van der Waals surface area contributed by atoms with Crippen molar-refractivity contribution in [3.8, 4) is 0 Å². The number of anilines is 1. The van der Waals surface area contributed by atoms with Crippen LogP contribution in [-0.2, 0) is 4.79 Å². The maximum Gasteiger partial charge on any atom is 0.228 e. The number of hydrogen-bond acceptors (Lipinski definition) is 2. The molecule has 0 aliphatic carbocycles. The number of carbonyl (C=O) groups is 1. The van der Waals surface area contributed by atoms with Crippen LogP contribution in [0.2, 0.25) is 0 Å². The molecule has 2 rings (SSSR count). The van der Waals surface area contributed by atoms with Crippen molar-refractivity contribution < 1.29 is 9.18 Å². The van der Waals surface area contributed by atoms with Crippen LogP contribution < -0.4 is 5.32 Å². The van der Waals surface area contributed by atoms with Gasteiger partial charge in [0.15, 0.2) is 0 Å². The van der Waals surface area contributed by atoms with Crippen LogP contribution >= 0.6 is 34.4 Å². The SMILES string of the molecule is O=C(Nc1ccc(F)cc1I)C1CCSC1. The standard InChI is InChI=1S/C11H11FINOS/c12-8-1-2-10(9(13)5-8)14-11(15)7-3-4-16-6-7/h1-2,5,7H,3-4,6H2,(H,14,15). The zero-order valence-corrected chi connectivity index (χ0v) is 11.5. The molecule has 1 saturated heterocycles. The summed E-state index contributed by atoms with van der Waals surface area (Å²) in [6.07, 6.45) is 0.939. The molecule has 16 heavy (non-hydrogen) atoms. The molecule has 0 bridgehead atoms. The van der Waals surface area contributed by atoms with Crippen molar-refractivity contribution in [1.29, 1.82) is 0 Å². The predicted octanol–water partition coefficient (Wildman–Crippen LogP) is 3.12. The van der Waals surface area contributed by atoms with Gasteiger partial charge < -0.3 is 5.32 Å². The summed E-state index contributed by atoms with van der Waals surface area (Å²) in [6.45, 7) is 0. The highest BCUT2D eigenvalue weighted by molar-refractivity contribution is 14.1. The molecule has 1 unspecified atom stereocenters. The van der Waals surface area contributed by atoms with Crippen LogP contribution in [0.3, 0.4) is 0 Å². The third kappa shape index (κ3) is 2.88. The molecule has 0 saturated carbocycles. The van der Waals surface area contributed by atoms with Gasteiger partial charge in [-0.15, -0.1) is 0 Å². The summed E-state index contributed by atoms with van der Waals surface area (Å²) in [5.74, 6) is 1.82. The Balaban J connectivity index is 2.05. The smallest absolute Gasteiger partial charge is 0.228 e. The molecule has 1 aliphatic rings. The van der Waals surface area contributed by atoms with E-state index in [-0.39, 0.29) is 17.6 Å². The minimum absolute atomic E-state index is 0.0505.